The Morgan fingerprint density at radius 2 is 2.24 bits per heavy atom. The minimum Gasteiger partial charge on any atom is -0.366 e. The van der Waals surface area contributed by atoms with Crippen LogP contribution in [0.15, 0.2) is 52.8 Å². The smallest absolute Gasteiger partial charge is 0.276 e. The molecular formula is C14H12N4O2S. The molecule has 0 saturated carbocycles. The molecule has 0 aliphatic rings. The number of rotatable bonds is 3. The zero-order chi connectivity index (χ0) is 14.8. The monoisotopic (exact) mass is 300 g/mol. The van der Waals surface area contributed by atoms with Crippen LogP contribution in [0, 0.1) is 0 Å². The maximum atomic E-state index is 12.4. The molecular weight excluding hydrogens is 288 g/mol. The second-order valence-electron chi connectivity index (χ2n) is 4.28. The fourth-order valence-corrected chi connectivity index (χ4v) is 2.55. The van der Waals surface area contributed by atoms with Gasteiger partial charge in [-0.3, -0.25) is 14.0 Å². The standard InChI is InChI=1S/C14H12N4O2S/c1-21-14-17-12(10-4-2-3-7-18(10)14)13(20)16-9-8-15-6-5-11(9)19/h2-8H,1H3,(H,15,19)(H,16,20). The van der Waals surface area contributed by atoms with Crippen molar-refractivity contribution in [2.75, 3.05) is 11.6 Å². The molecule has 0 bridgehead atoms. The number of aromatic nitrogens is 3. The summed E-state index contributed by atoms with van der Waals surface area (Å²) < 4.78 is 1.84. The van der Waals surface area contributed by atoms with E-state index in [9.17, 15) is 9.59 Å². The van der Waals surface area contributed by atoms with Gasteiger partial charge in [-0.05, 0) is 18.4 Å². The van der Waals surface area contributed by atoms with E-state index < -0.39 is 5.91 Å². The van der Waals surface area contributed by atoms with E-state index in [0.717, 1.165) is 5.16 Å². The molecule has 0 aromatic carbocycles. The van der Waals surface area contributed by atoms with Crippen LogP contribution in [-0.2, 0) is 0 Å². The molecule has 0 atom stereocenters. The second kappa shape index (κ2) is 5.45. The largest absolute Gasteiger partial charge is 0.366 e. The summed E-state index contributed by atoms with van der Waals surface area (Å²) in [6, 6.07) is 6.89. The van der Waals surface area contributed by atoms with Crippen molar-refractivity contribution in [2.45, 2.75) is 5.16 Å². The van der Waals surface area contributed by atoms with Gasteiger partial charge in [0.1, 0.15) is 5.69 Å². The fraction of sp³-hybridized carbons (Fsp3) is 0.0714. The third-order valence-corrected chi connectivity index (χ3v) is 3.64. The van der Waals surface area contributed by atoms with E-state index >= 15 is 0 Å². The molecule has 3 heterocycles. The lowest BCUT2D eigenvalue weighted by atomic mass is 10.3. The number of anilines is 1. The number of nitrogens with zero attached hydrogens (tertiary/aromatic N) is 2. The number of amides is 1. The third kappa shape index (κ3) is 2.43. The van der Waals surface area contributed by atoms with Crippen LogP contribution >= 0.6 is 11.8 Å². The van der Waals surface area contributed by atoms with Crippen molar-refractivity contribution < 1.29 is 4.79 Å². The minimum atomic E-state index is -0.407. The van der Waals surface area contributed by atoms with Gasteiger partial charge in [0, 0.05) is 24.7 Å². The molecule has 7 heteroatoms. The van der Waals surface area contributed by atoms with E-state index in [4.69, 9.17) is 0 Å². The number of hydrogen-bond acceptors (Lipinski definition) is 4. The number of thioether (sulfide) groups is 1. The van der Waals surface area contributed by atoms with Gasteiger partial charge in [-0.25, -0.2) is 4.98 Å². The summed E-state index contributed by atoms with van der Waals surface area (Å²) in [5.41, 5.74) is 0.941. The summed E-state index contributed by atoms with van der Waals surface area (Å²) in [6.07, 6.45) is 6.70. The molecule has 0 unspecified atom stereocenters. The normalized spacial score (nSPS) is 10.7. The Hall–Kier alpha value is -2.54. The first-order chi connectivity index (χ1) is 10.2. The van der Waals surface area contributed by atoms with Gasteiger partial charge in [-0.1, -0.05) is 17.8 Å². The highest BCUT2D eigenvalue weighted by Crippen LogP contribution is 2.20. The molecule has 6 nitrogen and oxygen atoms in total. The van der Waals surface area contributed by atoms with Crippen molar-refractivity contribution in [1.82, 2.24) is 14.4 Å². The predicted molar refractivity (Wildman–Crippen MR) is 82.0 cm³/mol. The van der Waals surface area contributed by atoms with Crippen LogP contribution in [0.4, 0.5) is 5.69 Å². The lowest BCUT2D eigenvalue weighted by Gasteiger charge is -2.02. The Morgan fingerprint density at radius 3 is 3.00 bits per heavy atom. The summed E-state index contributed by atoms with van der Waals surface area (Å²) in [5.74, 6) is -0.407. The van der Waals surface area contributed by atoms with Crippen LogP contribution in [-0.4, -0.2) is 26.5 Å². The summed E-state index contributed by atoms with van der Waals surface area (Å²) in [4.78, 5) is 31.1. The number of H-pyrrole nitrogens is 1. The molecule has 0 aliphatic heterocycles. The highest BCUT2D eigenvalue weighted by molar-refractivity contribution is 7.98. The summed E-state index contributed by atoms with van der Waals surface area (Å²) in [7, 11) is 0. The van der Waals surface area contributed by atoms with Crippen LogP contribution in [0.25, 0.3) is 5.52 Å². The molecule has 0 radical (unpaired) electrons. The van der Waals surface area contributed by atoms with Crippen LogP contribution in [0.1, 0.15) is 10.5 Å². The lowest BCUT2D eigenvalue weighted by Crippen LogP contribution is -2.18. The van der Waals surface area contributed by atoms with E-state index in [1.807, 2.05) is 35.1 Å². The molecule has 0 fully saturated rings. The number of hydrogen-bond donors (Lipinski definition) is 2. The molecule has 0 saturated heterocycles. The zero-order valence-corrected chi connectivity index (χ0v) is 12.0. The number of pyridine rings is 2. The van der Waals surface area contributed by atoms with Crippen LogP contribution in [0.5, 0.6) is 0 Å². The highest BCUT2D eigenvalue weighted by Gasteiger charge is 2.17. The molecule has 3 rings (SSSR count). The molecule has 0 spiro atoms. The Morgan fingerprint density at radius 1 is 1.38 bits per heavy atom. The maximum absolute atomic E-state index is 12.4. The first-order valence-corrected chi connectivity index (χ1v) is 7.42. The van der Waals surface area contributed by atoms with Crippen LogP contribution in [0.2, 0.25) is 0 Å². The van der Waals surface area contributed by atoms with Crippen molar-refractivity contribution in [3.63, 3.8) is 0 Å². The van der Waals surface area contributed by atoms with Crippen molar-refractivity contribution in [1.29, 1.82) is 0 Å². The van der Waals surface area contributed by atoms with Crippen molar-refractivity contribution in [3.8, 4) is 0 Å². The maximum Gasteiger partial charge on any atom is 0.276 e. The van der Waals surface area contributed by atoms with E-state index in [-0.39, 0.29) is 11.1 Å². The van der Waals surface area contributed by atoms with Crippen molar-refractivity contribution >= 4 is 28.9 Å². The summed E-state index contributed by atoms with van der Waals surface area (Å²) in [5, 5.41) is 3.31. The predicted octanol–water partition coefficient (Wildman–Crippen LogP) is 2.00. The molecule has 2 N–H and O–H groups in total. The molecule has 1 amide bonds. The van der Waals surface area contributed by atoms with E-state index in [0.29, 0.717) is 11.2 Å². The van der Waals surface area contributed by atoms with Gasteiger partial charge in [-0.2, -0.15) is 0 Å². The molecule has 0 aliphatic carbocycles. The number of carbonyl (C=O) groups is 1. The molecule has 3 aromatic heterocycles. The SMILES string of the molecule is CSc1nc(C(=O)Nc2c[nH]ccc2=O)c2ccccn12. The molecule has 21 heavy (non-hydrogen) atoms. The van der Waals surface area contributed by atoms with Crippen molar-refractivity contribution in [3.05, 3.63) is 58.8 Å². The summed E-state index contributed by atoms with van der Waals surface area (Å²) in [6.45, 7) is 0. The number of imidazole rings is 1. The molecule has 3 aromatic rings. The van der Waals surface area contributed by atoms with Crippen LogP contribution < -0.4 is 10.7 Å². The Labute approximate surface area is 124 Å². The average molecular weight is 300 g/mol. The van der Waals surface area contributed by atoms with Gasteiger partial charge in [-0.15, -0.1) is 0 Å². The Kier molecular flexibility index (Phi) is 3.49. The van der Waals surface area contributed by atoms with Gasteiger partial charge in [0.25, 0.3) is 5.91 Å². The number of fused-ring (bicyclic) bond motifs is 1. The number of nitrogens with one attached hydrogen (secondary N) is 2. The second-order valence-corrected chi connectivity index (χ2v) is 5.05. The van der Waals surface area contributed by atoms with Gasteiger partial charge in [0.2, 0.25) is 5.43 Å². The molecule has 106 valence electrons. The zero-order valence-electron chi connectivity index (χ0n) is 11.2. The fourth-order valence-electron chi connectivity index (χ4n) is 2.02. The number of carbonyl (C=O) groups excluding carboxylic acids is 1. The Bertz CT molecular complexity index is 869. The van der Waals surface area contributed by atoms with Gasteiger partial charge in [0.15, 0.2) is 10.9 Å². The minimum absolute atomic E-state index is 0.199. The van der Waals surface area contributed by atoms with E-state index in [1.165, 1.54) is 30.2 Å². The topological polar surface area (TPSA) is 79.3 Å². The Balaban J connectivity index is 2.03. The van der Waals surface area contributed by atoms with Crippen molar-refractivity contribution in [2.24, 2.45) is 0 Å². The average Bonchev–Trinajstić information content (AvgIpc) is 2.88. The van der Waals surface area contributed by atoms with Gasteiger partial charge < -0.3 is 10.3 Å². The quantitative estimate of drug-likeness (QED) is 0.725. The van der Waals surface area contributed by atoms with E-state index in [1.54, 1.807) is 0 Å². The van der Waals surface area contributed by atoms with Crippen LogP contribution in [0.3, 0.4) is 0 Å². The third-order valence-electron chi connectivity index (χ3n) is 2.99. The first kappa shape index (κ1) is 13.4. The van der Waals surface area contributed by atoms with Gasteiger partial charge in [0.05, 0.1) is 5.52 Å². The van der Waals surface area contributed by atoms with E-state index in [2.05, 4.69) is 15.3 Å². The highest BCUT2D eigenvalue weighted by atomic mass is 32.2. The van der Waals surface area contributed by atoms with Gasteiger partial charge >= 0.3 is 0 Å². The first-order valence-electron chi connectivity index (χ1n) is 6.20. The summed E-state index contributed by atoms with van der Waals surface area (Å²) >= 11 is 1.45. The number of aromatic amines is 1. The lowest BCUT2D eigenvalue weighted by molar-refractivity contribution is 0.102.